The molecule has 0 fully saturated rings. The molecule has 0 aromatic heterocycles. The van der Waals surface area contributed by atoms with E-state index in [0.29, 0.717) is 5.92 Å². The monoisotopic (exact) mass is 212 g/mol. The Labute approximate surface area is 89.7 Å². The molecule has 1 aliphatic rings. The molecule has 0 radical (unpaired) electrons. The van der Waals surface area contributed by atoms with E-state index >= 15 is 0 Å². The minimum absolute atomic E-state index is 0.667. The Morgan fingerprint density at radius 2 is 1.93 bits per heavy atom. The molecule has 0 aromatic carbocycles. The van der Waals surface area contributed by atoms with Crippen LogP contribution < -0.4 is 0 Å². The summed E-state index contributed by atoms with van der Waals surface area (Å²) < 4.78 is 6.34. The van der Waals surface area contributed by atoms with Crippen LogP contribution in [0, 0.1) is 5.92 Å². The van der Waals surface area contributed by atoms with Crippen molar-refractivity contribution >= 4 is 8.32 Å². The summed E-state index contributed by atoms with van der Waals surface area (Å²) in [6, 6.07) is 2.46. The fourth-order valence-electron chi connectivity index (χ4n) is 1.96. The normalized spacial score (nSPS) is 23.1. The molecule has 0 bridgehead atoms. The van der Waals surface area contributed by atoms with Gasteiger partial charge >= 0.3 is 0 Å². The molecule has 1 rings (SSSR count). The van der Waals surface area contributed by atoms with Gasteiger partial charge in [0.2, 0.25) is 8.32 Å². The molecule has 1 unspecified atom stereocenters. The molecule has 0 N–H and O–H groups in total. The molecular weight excluding hydrogens is 188 g/mol. The first-order valence-electron chi connectivity index (χ1n) is 5.91. The van der Waals surface area contributed by atoms with Gasteiger partial charge in [-0.15, -0.1) is 0 Å². The van der Waals surface area contributed by atoms with E-state index in [1.807, 2.05) is 0 Å². The third-order valence-electron chi connectivity index (χ3n) is 3.67. The number of hydrogen-bond donors (Lipinski definition) is 0. The van der Waals surface area contributed by atoms with Gasteiger partial charge in [-0.05, 0) is 44.0 Å². The highest BCUT2D eigenvalue weighted by molar-refractivity contribution is 6.72. The lowest BCUT2D eigenvalue weighted by atomic mass is 10.1. The Kier molecular flexibility index (Phi) is 3.82. The zero-order valence-electron chi connectivity index (χ0n) is 10.3. The molecule has 0 aromatic rings. The first-order chi connectivity index (χ1) is 6.52. The van der Waals surface area contributed by atoms with Gasteiger partial charge in [-0.25, -0.2) is 0 Å². The SMILES string of the molecule is CC[Si](C)(CC)OC1=C(C)CCC1C. The van der Waals surface area contributed by atoms with E-state index in [9.17, 15) is 0 Å². The predicted octanol–water partition coefficient (Wildman–Crippen LogP) is 4.32. The van der Waals surface area contributed by atoms with Crippen molar-refractivity contribution in [2.24, 2.45) is 5.92 Å². The summed E-state index contributed by atoms with van der Waals surface area (Å²) in [6.45, 7) is 11.4. The van der Waals surface area contributed by atoms with Crippen LogP contribution in [0.2, 0.25) is 18.6 Å². The second-order valence-corrected chi connectivity index (χ2v) is 9.36. The maximum Gasteiger partial charge on any atom is 0.247 e. The van der Waals surface area contributed by atoms with Crippen LogP contribution in [-0.4, -0.2) is 8.32 Å². The summed E-state index contributed by atoms with van der Waals surface area (Å²) in [6.07, 6.45) is 2.54. The van der Waals surface area contributed by atoms with Gasteiger partial charge in [0.25, 0.3) is 0 Å². The van der Waals surface area contributed by atoms with E-state index in [1.165, 1.54) is 36.3 Å². The minimum atomic E-state index is -1.40. The quantitative estimate of drug-likeness (QED) is 0.631. The van der Waals surface area contributed by atoms with Gasteiger partial charge in [0.1, 0.15) is 0 Å². The zero-order chi connectivity index (χ0) is 10.8. The average molecular weight is 212 g/mol. The lowest BCUT2D eigenvalue weighted by molar-refractivity contribution is 0.352. The van der Waals surface area contributed by atoms with Gasteiger partial charge in [-0.1, -0.05) is 20.8 Å². The van der Waals surface area contributed by atoms with Crippen LogP contribution in [0.3, 0.4) is 0 Å². The van der Waals surface area contributed by atoms with Crippen LogP contribution in [0.1, 0.15) is 40.5 Å². The molecule has 2 heteroatoms. The van der Waals surface area contributed by atoms with E-state index in [1.54, 1.807) is 0 Å². The van der Waals surface area contributed by atoms with Gasteiger partial charge < -0.3 is 4.43 Å². The maximum atomic E-state index is 6.34. The molecule has 0 amide bonds. The van der Waals surface area contributed by atoms with E-state index in [0.717, 1.165) is 0 Å². The molecular formula is C12H24OSi. The smallest absolute Gasteiger partial charge is 0.247 e. The van der Waals surface area contributed by atoms with Crippen molar-refractivity contribution in [2.45, 2.75) is 59.2 Å². The summed E-state index contributed by atoms with van der Waals surface area (Å²) in [5.41, 5.74) is 1.50. The third-order valence-corrected chi connectivity index (χ3v) is 7.38. The summed E-state index contributed by atoms with van der Waals surface area (Å²) in [5.74, 6) is 2.00. The third kappa shape index (κ3) is 2.41. The van der Waals surface area contributed by atoms with Crippen LogP contribution in [-0.2, 0) is 4.43 Å². The summed E-state index contributed by atoms with van der Waals surface area (Å²) >= 11 is 0. The standard InChI is InChI=1S/C12H24OSi/c1-6-14(5,7-2)13-12-10(3)8-9-11(12)4/h10H,6-9H2,1-5H3. The van der Waals surface area contributed by atoms with Gasteiger partial charge in [0.15, 0.2) is 0 Å². The Hall–Kier alpha value is -0.243. The topological polar surface area (TPSA) is 9.23 Å². The first kappa shape index (κ1) is 11.8. The van der Waals surface area contributed by atoms with Crippen LogP contribution in [0.15, 0.2) is 11.3 Å². The molecule has 0 heterocycles. The number of rotatable bonds is 4. The van der Waals surface area contributed by atoms with Gasteiger partial charge in [-0.3, -0.25) is 0 Å². The largest absolute Gasteiger partial charge is 0.547 e. The highest BCUT2D eigenvalue weighted by Gasteiger charge is 2.31. The van der Waals surface area contributed by atoms with Crippen LogP contribution in [0.4, 0.5) is 0 Å². The molecule has 1 aliphatic carbocycles. The molecule has 0 spiro atoms. The molecule has 0 saturated carbocycles. The van der Waals surface area contributed by atoms with Crippen LogP contribution in [0.25, 0.3) is 0 Å². The Bertz CT molecular complexity index is 228. The van der Waals surface area contributed by atoms with Gasteiger partial charge in [-0.2, -0.15) is 0 Å². The molecule has 82 valence electrons. The van der Waals surface area contributed by atoms with Crippen molar-refractivity contribution in [1.29, 1.82) is 0 Å². The predicted molar refractivity (Wildman–Crippen MR) is 64.8 cm³/mol. The molecule has 0 aliphatic heterocycles. The summed E-state index contributed by atoms with van der Waals surface area (Å²) in [4.78, 5) is 0. The van der Waals surface area contributed by atoms with Crippen molar-refractivity contribution in [3.05, 3.63) is 11.3 Å². The van der Waals surface area contributed by atoms with E-state index in [2.05, 4.69) is 34.2 Å². The molecule has 1 nitrogen and oxygen atoms in total. The second kappa shape index (κ2) is 4.52. The Morgan fingerprint density at radius 1 is 1.36 bits per heavy atom. The fraction of sp³-hybridized carbons (Fsp3) is 0.833. The number of hydrogen-bond acceptors (Lipinski definition) is 1. The van der Waals surface area contributed by atoms with Crippen molar-refractivity contribution in [1.82, 2.24) is 0 Å². The first-order valence-corrected chi connectivity index (χ1v) is 8.73. The van der Waals surface area contributed by atoms with E-state index in [4.69, 9.17) is 4.43 Å². The van der Waals surface area contributed by atoms with Crippen molar-refractivity contribution in [3.63, 3.8) is 0 Å². The van der Waals surface area contributed by atoms with Crippen molar-refractivity contribution < 1.29 is 4.43 Å². The lowest BCUT2D eigenvalue weighted by Gasteiger charge is -2.29. The average Bonchev–Trinajstić information content (AvgIpc) is 2.49. The minimum Gasteiger partial charge on any atom is -0.547 e. The number of allylic oxidation sites excluding steroid dienone is 2. The van der Waals surface area contributed by atoms with Gasteiger partial charge in [0, 0.05) is 5.92 Å². The second-order valence-electron chi connectivity index (χ2n) is 4.84. The van der Waals surface area contributed by atoms with Crippen LogP contribution in [0.5, 0.6) is 0 Å². The van der Waals surface area contributed by atoms with Crippen molar-refractivity contribution in [3.8, 4) is 0 Å². The highest BCUT2D eigenvalue weighted by Crippen LogP contribution is 2.35. The Morgan fingerprint density at radius 3 is 2.29 bits per heavy atom. The van der Waals surface area contributed by atoms with E-state index in [-0.39, 0.29) is 0 Å². The van der Waals surface area contributed by atoms with Crippen molar-refractivity contribution in [2.75, 3.05) is 0 Å². The zero-order valence-corrected chi connectivity index (χ0v) is 11.3. The van der Waals surface area contributed by atoms with Gasteiger partial charge in [0.05, 0.1) is 5.76 Å². The highest BCUT2D eigenvalue weighted by atomic mass is 28.4. The van der Waals surface area contributed by atoms with Crippen LogP contribution >= 0.6 is 0 Å². The van der Waals surface area contributed by atoms with E-state index < -0.39 is 8.32 Å². The summed E-state index contributed by atoms with van der Waals surface area (Å²) in [5, 5.41) is 0. The fourth-order valence-corrected chi connectivity index (χ4v) is 3.65. The summed E-state index contributed by atoms with van der Waals surface area (Å²) in [7, 11) is -1.40. The Balaban J connectivity index is 2.71. The molecule has 14 heavy (non-hydrogen) atoms. The maximum absolute atomic E-state index is 6.34. The molecule has 0 saturated heterocycles. The lowest BCUT2D eigenvalue weighted by Crippen LogP contribution is -2.33. The molecule has 1 atom stereocenters.